The fourth-order valence-electron chi connectivity index (χ4n) is 1.85. The molecule has 0 aliphatic heterocycles. The fourth-order valence-corrected chi connectivity index (χ4v) is 2.02. The third-order valence-corrected chi connectivity index (χ3v) is 3.11. The lowest BCUT2D eigenvalue weighted by Crippen LogP contribution is -2.07. The number of ketones is 1. The summed E-state index contributed by atoms with van der Waals surface area (Å²) in [6.45, 7) is 2.54. The number of rotatable bonds is 7. The zero-order valence-electron chi connectivity index (χ0n) is 11.8. The van der Waals surface area contributed by atoms with E-state index in [1.807, 2.05) is 30.3 Å². The highest BCUT2D eigenvalue weighted by atomic mass is 35.5. The first kappa shape index (κ1) is 15.4. The average molecular weight is 305 g/mol. The Labute approximate surface area is 129 Å². The molecule has 3 nitrogen and oxygen atoms in total. The van der Waals surface area contributed by atoms with Gasteiger partial charge in [0.05, 0.1) is 18.8 Å². The summed E-state index contributed by atoms with van der Waals surface area (Å²) in [5, 5.41) is 0.528. The van der Waals surface area contributed by atoms with Gasteiger partial charge in [-0.25, -0.2) is 0 Å². The van der Waals surface area contributed by atoms with Crippen LogP contribution in [0.3, 0.4) is 0 Å². The van der Waals surface area contributed by atoms with Crippen molar-refractivity contribution in [1.29, 1.82) is 0 Å². The molecule has 0 aromatic heterocycles. The van der Waals surface area contributed by atoms with Gasteiger partial charge in [-0.05, 0) is 37.3 Å². The minimum Gasteiger partial charge on any atom is -0.493 e. The molecule has 0 saturated carbocycles. The molecule has 2 rings (SSSR count). The molecule has 21 heavy (non-hydrogen) atoms. The molecule has 0 amide bonds. The van der Waals surface area contributed by atoms with Crippen molar-refractivity contribution in [3.63, 3.8) is 0 Å². The van der Waals surface area contributed by atoms with Crippen molar-refractivity contribution in [2.24, 2.45) is 0 Å². The van der Waals surface area contributed by atoms with Gasteiger partial charge >= 0.3 is 0 Å². The van der Waals surface area contributed by atoms with Crippen LogP contribution in [0, 0.1) is 0 Å². The molecule has 0 fully saturated rings. The van der Waals surface area contributed by atoms with Gasteiger partial charge in [0.2, 0.25) is 0 Å². The Bertz CT molecular complexity index is 596. The normalized spacial score (nSPS) is 10.2. The number of halogens is 1. The first-order chi connectivity index (χ1) is 10.2. The molecule has 0 N–H and O–H groups in total. The number of Topliss-reactive ketones (excluding diaryl/α,β-unsaturated/α-hetero) is 1. The van der Waals surface area contributed by atoms with Crippen molar-refractivity contribution in [1.82, 2.24) is 0 Å². The van der Waals surface area contributed by atoms with Crippen molar-refractivity contribution in [2.45, 2.75) is 13.3 Å². The largest absolute Gasteiger partial charge is 0.493 e. The van der Waals surface area contributed by atoms with Gasteiger partial charge in [0.25, 0.3) is 0 Å². The van der Waals surface area contributed by atoms with E-state index in [0.29, 0.717) is 29.5 Å². The lowest BCUT2D eigenvalue weighted by atomic mass is 10.1. The van der Waals surface area contributed by atoms with Crippen LogP contribution in [0.25, 0.3) is 0 Å². The van der Waals surface area contributed by atoms with Gasteiger partial charge in [-0.1, -0.05) is 29.8 Å². The zero-order chi connectivity index (χ0) is 15.1. The smallest absolute Gasteiger partial charge is 0.163 e. The maximum absolute atomic E-state index is 11.5. The van der Waals surface area contributed by atoms with Crippen molar-refractivity contribution < 1.29 is 14.3 Å². The van der Waals surface area contributed by atoms with Gasteiger partial charge in [0.1, 0.15) is 11.5 Å². The number of para-hydroxylation sites is 1. The minimum atomic E-state index is -0.0620. The topological polar surface area (TPSA) is 35.5 Å². The van der Waals surface area contributed by atoms with Gasteiger partial charge in [-0.2, -0.15) is 0 Å². The summed E-state index contributed by atoms with van der Waals surface area (Å²) in [4.78, 5) is 11.5. The first-order valence-corrected chi connectivity index (χ1v) is 7.16. The Morgan fingerprint density at radius 2 is 1.76 bits per heavy atom. The van der Waals surface area contributed by atoms with Crippen molar-refractivity contribution in [3.05, 3.63) is 59.1 Å². The third kappa shape index (κ3) is 4.80. The maximum Gasteiger partial charge on any atom is 0.163 e. The predicted molar refractivity (Wildman–Crippen MR) is 83.5 cm³/mol. The lowest BCUT2D eigenvalue weighted by Gasteiger charge is -2.10. The van der Waals surface area contributed by atoms with Crippen LogP contribution in [0.15, 0.2) is 48.5 Å². The summed E-state index contributed by atoms with van der Waals surface area (Å²) in [7, 11) is 0. The van der Waals surface area contributed by atoms with E-state index in [2.05, 4.69) is 0 Å². The molecule has 0 spiro atoms. The van der Waals surface area contributed by atoms with E-state index in [9.17, 15) is 4.79 Å². The Kier molecular flexibility index (Phi) is 5.64. The van der Waals surface area contributed by atoms with E-state index in [4.69, 9.17) is 21.1 Å². The molecule has 4 heteroatoms. The van der Waals surface area contributed by atoms with E-state index >= 15 is 0 Å². The van der Waals surface area contributed by atoms with E-state index in [-0.39, 0.29) is 5.78 Å². The summed E-state index contributed by atoms with van der Waals surface area (Å²) < 4.78 is 11.2. The van der Waals surface area contributed by atoms with E-state index in [1.54, 1.807) is 18.2 Å². The summed E-state index contributed by atoms with van der Waals surface area (Å²) in [5.74, 6) is 1.34. The van der Waals surface area contributed by atoms with Gasteiger partial charge in [-0.15, -0.1) is 0 Å². The van der Waals surface area contributed by atoms with Crippen molar-refractivity contribution in [2.75, 3.05) is 13.2 Å². The molecule has 0 unspecified atom stereocenters. The van der Waals surface area contributed by atoms with Crippen LogP contribution in [-0.2, 0) is 0 Å². The van der Waals surface area contributed by atoms with E-state index in [0.717, 1.165) is 12.2 Å². The Morgan fingerprint density at radius 1 is 1.05 bits per heavy atom. The number of carbonyl (C=O) groups excluding carboxylic acids is 1. The average Bonchev–Trinajstić information content (AvgIpc) is 2.49. The predicted octanol–water partition coefficient (Wildman–Crippen LogP) is 4.39. The van der Waals surface area contributed by atoms with Crippen LogP contribution in [-0.4, -0.2) is 19.0 Å². The quantitative estimate of drug-likeness (QED) is 0.562. The summed E-state index contributed by atoms with van der Waals surface area (Å²) >= 11 is 5.88. The summed E-state index contributed by atoms with van der Waals surface area (Å²) in [6, 6.07) is 14.7. The molecular formula is C17H17ClO3. The monoisotopic (exact) mass is 304 g/mol. The number of benzene rings is 2. The molecular weight excluding hydrogens is 288 g/mol. The van der Waals surface area contributed by atoms with Crippen LogP contribution in [0.1, 0.15) is 23.7 Å². The first-order valence-electron chi connectivity index (χ1n) is 6.78. The van der Waals surface area contributed by atoms with Crippen molar-refractivity contribution >= 4 is 17.4 Å². The van der Waals surface area contributed by atoms with E-state index < -0.39 is 0 Å². The Balaban J connectivity index is 1.80. The van der Waals surface area contributed by atoms with Crippen LogP contribution in [0.2, 0.25) is 5.02 Å². The Hall–Kier alpha value is -2.00. The molecule has 0 aliphatic carbocycles. The highest BCUT2D eigenvalue weighted by molar-refractivity contribution is 6.31. The minimum absolute atomic E-state index is 0.0620. The molecule has 2 aromatic carbocycles. The summed E-state index contributed by atoms with van der Waals surface area (Å²) in [5.41, 5.74) is 0.506. The molecule has 0 atom stereocenters. The maximum atomic E-state index is 11.5. The van der Waals surface area contributed by atoms with Gasteiger partial charge in [-0.3, -0.25) is 4.79 Å². The standard InChI is InChI=1S/C17H17ClO3/c1-13(19)16-12-14(18)8-9-17(16)21-11-5-10-20-15-6-3-2-4-7-15/h2-4,6-9,12H,5,10-11H2,1H3. The van der Waals surface area contributed by atoms with Gasteiger partial charge in [0.15, 0.2) is 5.78 Å². The highest BCUT2D eigenvalue weighted by Crippen LogP contribution is 2.23. The second kappa shape index (κ2) is 7.70. The van der Waals surface area contributed by atoms with Gasteiger partial charge in [0, 0.05) is 11.4 Å². The third-order valence-electron chi connectivity index (χ3n) is 2.88. The molecule has 0 radical (unpaired) electrons. The molecule has 0 aliphatic rings. The lowest BCUT2D eigenvalue weighted by molar-refractivity contribution is 0.101. The molecule has 0 saturated heterocycles. The highest BCUT2D eigenvalue weighted by Gasteiger charge is 2.09. The van der Waals surface area contributed by atoms with Crippen LogP contribution < -0.4 is 9.47 Å². The number of hydrogen-bond acceptors (Lipinski definition) is 3. The van der Waals surface area contributed by atoms with E-state index in [1.165, 1.54) is 6.92 Å². The van der Waals surface area contributed by atoms with Crippen LogP contribution >= 0.6 is 11.6 Å². The van der Waals surface area contributed by atoms with Crippen molar-refractivity contribution in [3.8, 4) is 11.5 Å². The molecule has 110 valence electrons. The second-order valence-electron chi connectivity index (χ2n) is 4.56. The number of carbonyl (C=O) groups is 1. The van der Waals surface area contributed by atoms with Gasteiger partial charge < -0.3 is 9.47 Å². The molecule has 2 aromatic rings. The van der Waals surface area contributed by atoms with Crippen LogP contribution in [0.5, 0.6) is 11.5 Å². The van der Waals surface area contributed by atoms with Crippen LogP contribution in [0.4, 0.5) is 0 Å². The molecule has 0 bridgehead atoms. The second-order valence-corrected chi connectivity index (χ2v) is 5.00. The SMILES string of the molecule is CC(=O)c1cc(Cl)ccc1OCCCOc1ccccc1. The Morgan fingerprint density at radius 3 is 2.48 bits per heavy atom. The zero-order valence-corrected chi connectivity index (χ0v) is 12.6. The number of hydrogen-bond donors (Lipinski definition) is 0. The summed E-state index contributed by atoms with van der Waals surface area (Å²) in [6.07, 6.45) is 0.731. The fraction of sp³-hybridized carbons (Fsp3) is 0.235. The molecule has 0 heterocycles. The number of ether oxygens (including phenoxy) is 2.